The molecule has 0 spiro atoms. The first-order chi connectivity index (χ1) is 9.55. The SMILES string of the molecule is OC12CCCCC1CN(Cc1cc(F)cc(F)c1)CC2. The Labute approximate surface area is 118 Å². The van der Waals surface area contributed by atoms with Gasteiger partial charge in [0.25, 0.3) is 0 Å². The first-order valence-corrected chi connectivity index (χ1v) is 7.45. The first-order valence-electron chi connectivity index (χ1n) is 7.45. The van der Waals surface area contributed by atoms with E-state index < -0.39 is 17.2 Å². The van der Waals surface area contributed by atoms with Crippen molar-refractivity contribution in [3.63, 3.8) is 0 Å². The van der Waals surface area contributed by atoms with E-state index in [-0.39, 0.29) is 0 Å². The van der Waals surface area contributed by atoms with Crippen molar-refractivity contribution < 1.29 is 13.9 Å². The quantitative estimate of drug-likeness (QED) is 0.900. The molecule has 0 radical (unpaired) electrons. The van der Waals surface area contributed by atoms with Crippen molar-refractivity contribution in [3.05, 3.63) is 35.4 Å². The van der Waals surface area contributed by atoms with Gasteiger partial charge in [-0.05, 0) is 37.0 Å². The Morgan fingerprint density at radius 2 is 1.90 bits per heavy atom. The van der Waals surface area contributed by atoms with Crippen LogP contribution in [0.25, 0.3) is 0 Å². The van der Waals surface area contributed by atoms with Gasteiger partial charge in [-0.1, -0.05) is 12.8 Å². The summed E-state index contributed by atoms with van der Waals surface area (Å²) in [5.41, 5.74) is 0.172. The van der Waals surface area contributed by atoms with Crippen molar-refractivity contribution >= 4 is 0 Å². The maximum absolute atomic E-state index is 13.2. The summed E-state index contributed by atoms with van der Waals surface area (Å²) in [4.78, 5) is 2.21. The number of nitrogens with zero attached hydrogens (tertiary/aromatic N) is 1. The third kappa shape index (κ3) is 2.86. The molecule has 1 saturated heterocycles. The van der Waals surface area contributed by atoms with Gasteiger partial charge in [-0.25, -0.2) is 8.78 Å². The molecule has 2 fully saturated rings. The highest BCUT2D eigenvalue weighted by atomic mass is 19.1. The average molecular weight is 281 g/mol. The van der Waals surface area contributed by atoms with Crippen molar-refractivity contribution in [2.24, 2.45) is 5.92 Å². The summed E-state index contributed by atoms with van der Waals surface area (Å²) in [5.74, 6) is -0.735. The van der Waals surface area contributed by atoms with E-state index in [9.17, 15) is 13.9 Å². The van der Waals surface area contributed by atoms with E-state index in [0.717, 1.165) is 44.8 Å². The van der Waals surface area contributed by atoms with Gasteiger partial charge in [-0.15, -0.1) is 0 Å². The molecule has 1 heterocycles. The van der Waals surface area contributed by atoms with Gasteiger partial charge in [0.2, 0.25) is 0 Å². The molecule has 3 rings (SSSR count). The molecule has 2 aliphatic rings. The molecule has 20 heavy (non-hydrogen) atoms. The van der Waals surface area contributed by atoms with Gasteiger partial charge >= 0.3 is 0 Å². The van der Waals surface area contributed by atoms with Gasteiger partial charge in [0.15, 0.2) is 0 Å². The lowest BCUT2D eigenvalue weighted by Crippen LogP contribution is -2.52. The molecule has 0 aromatic heterocycles. The zero-order chi connectivity index (χ0) is 14.2. The van der Waals surface area contributed by atoms with Crippen molar-refractivity contribution in [1.29, 1.82) is 0 Å². The highest BCUT2D eigenvalue weighted by molar-refractivity contribution is 5.18. The van der Waals surface area contributed by atoms with Crippen LogP contribution < -0.4 is 0 Å². The second-order valence-electron chi connectivity index (χ2n) is 6.31. The number of likely N-dealkylation sites (tertiary alicyclic amines) is 1. The summed E-state index contributed by atoms with van der Waals surface area (Å²) in [6.07, 6.45) is 5.03. The number of halogens is 2. The Kier molecular flexibility index (Phi) is 3.78. The molecule has 1 aliphatic carbocycles. The topological polar surface area (TPSA) is 23.5 Å². The highest BCUT2D eigenvalue weighted by Gasteiger charge is 2.42. The van der Waals surface area contributed by atoms with Crippen LogP contribution >= 0.6 is 0 Å². The third-order valence-electron chi connectivity index (χ3n) is 4.84. The van der Waals surface area contributed by atoms with Crippen LogP contribution in [0, 0.1) is 17.6 Å². The Morgan fingerprint density at radius 1 is 1.15 bits per heavy atom. The van der Waals surface area contributed by atoms with Crippen LogP contribution in [0.15, 0.2) is 18.2 Å². The van der Waals surface area contributed by atoms with E-state index in [2.05, 4.69) is 4.90 Å². The number of hydrogen-bond donors (Lipinski definition) is 1. The number of hydrogen-bond acceptors (Lipinski definition) is 2. The fourth-order valence-corrected chi connectivity index (χ4v) is 3.74. The van der Waals surface area contributed by atoms with E-state index in [0.29, 0.717) is 18.0 Å². The van der Waals surface area contributed by atoms with Crippen molar-refractivity contribution in [2.45, 2.75) is 44.2 Å². The Morgan fingerprint density at radius 3 is 2.65 bits per heavy atom. The summed E-state index contributed by atoms with van der Waals surface area (Å²) in [6, 6.07) is 3.69. The predicted octanol–water partition coefficient (Wildman–Crippen LogP) is 3.09. The largest absolute Gasteiger partial charge is 0.390 e. The second kappa shape index (κ2) is 5.41. The van der Waals surface area contributed by atoms with Crippen LogP contribution in [0.4, 0.5) is 8.78 Å². The fraction of sp³-hybridized carbons (Fsp3) is 0.625. The molecule has 2 nitrogen and oxygen atoms in total. The zero-order valence-electron chi connectivity index (χ0n) is 11.6. The molecular formula is C16H21F2NO. The molecule has 0 bridgehead atoms. The number of benzene rings is 1. The van der Waals surface area contributed by atoms with Gasteiger partial charge < -0.3 is 5.11 Å². The van der Waals surface area contributed by atoms with Crippen LogP contribution in [0.5, 0.6) is 0 Å². The minimum Gasteiger partial charge on any atom is -0.390 e. The summed E-state index contributed by atoms with van der Waals surface area (Å²) in [5, 5.41) is 10.6. The highest BCUT2D eigenvalue weighted by Crippen LogP contribution is 2.40. The number of fused-ring (bicyclic) bond motifs is 1. The van der Waals surface area contributed by atoms with Crippen LogP contribution in [-0.2, 0) is 6.54 Å². The maximum atomic E-state index is 13.2. The molecule has 1 aromatic rings. The summed E-state index contributed by atoms with van der Waals surface area (Å²) in [6.45, 7) is 2.18. The van der Waals surface area contributed by atoms with Crippen molar-refractivity contribution in [2.75, 3.05) is 13.1 Å². The lowest BCUT2D eigenvalue weighted by Gasteiger charge is -2.47. The summed E-state index contributed by atoms with van der Waals surface area (Å²) < 4.78 is 26.4. The van der Waals surface area contributed by atoms with Crippen molar-refractivity contribution in [3.8, 4) is 0 Å². The van der Waals surface area contributed by atoms with Crippen LogP contribution in [0.2, 0.25) is 0 Å². The van der Waals surface area contributed by atoms with Gasteiger partial charge in [0.05, 0.1) is 5.60 Å². The first kappa shape index (κ1) is 14.0. The molecule has 1 N–H and O–H groups in total. The zero-order valence-corrected chi connectivity index (χ0v) is 11.6. The molecule has 0 amide bonds. The van der Waals surface area contributed by atoms with E-state index >= 15 is 0 Å². The molecule has 110 valence electrons. The lowest BCUT2D eigenvalue weighted by atomic mass is 9.71. The van der Waals surface area contributed by atoms with Gasteiger partial charge in [-0.3, -0.25) is 4.90 Å². The maximum Gasteiger partial charge on any atom is 0.126 e. The molecule has 1 aromatic carbocycles. The van der Waals surface area contributed by atoms with E-state index in [1.54, 1.807) is 0 Å². The van der Waals surface area contributed by atoms with Gasteiger partial charge in [0, 0.05) is 31.6 Å². The van der Waals surface area contributed by atoms with E-state index in [1.807, 2.05) is 0 Å². The number of aliphatic hydroxyl groups is 1. The molecular weight excluding hydrogens is 260 g/mol. The minimum atomic E-state index is -0.522. The standard InChI is InChI=1S/C16H21F2NO/c17-14-7-12(8-15(18)9-14)10-19-6-5-16(20)4-2-1-3-13(16)11-19/h7-9,13,20H,1-6,10-11H2. The van der Waals surface area contributed by atoms with Gasteiger partial charge in [-0.2, -0.15) is 0 Å². The number of rotatable bonds is 2. The third-order valence-corrected chi connectivity index (χ3v) is 4.84. The normalized spacial score (nSPS) is 31.1. The predicted molar refractivity (Wildman–Crippen MR) is 73.2 cm³/mol. The Balaban J connectivity index is 1.67. The van der Waals surface area contributed by atoms with E-state index in [4.69, 9.17) is 0 Å². The van der Waals surface area contributed by atoms with Crippen molar-refractivity contribution in [1.82, 2.24) is 4.90 Å². The molecule has 1 saturated carbocycles. The summed E-state index contributed by atoms with van der Waals surface area (Å²) in [7, 11) is 0. The minimum absolute atomic E-state index is 0.309. The van der Waals surface area contributed by atoms with E-state index in [1.165, 1.54) is 18.6 Å². The Bertz CT molecular complexity index is 473. The lowest BCUT2D eigenvalue weighted by molar-refractivity contribution is -0.0968. The molecule has 4 heteroatoms. The second-order valence-corrected chi connectivity index (χ2v) is 6.31. The van der Waals surface area contributed by atoms with Crippen LogP contribution in [0.1, 0.15) is 37.7 Å². The van der Waals surface area contributed by atoms with Crippen LogP contribution in [-0.4, -0.2) is 28.7 Å². The summed E-state index contributed by atoms with van der Waals surface area (Å²) >= 11 is 0. The molecule has 1 aliphatic heterocycles. The fourth-order valence-electron chi connectivity index (χ4n) is 3.74. The molecule has 2 atom stereocenters. The monoisotopic (exact) mass is 281 g/mol. The van der Waals surface area contributed by atoms with Crippen LogP contribution in [0.3, 0.4) is 0 Å². The smallest absolute Gasteiger partial charge is 0.126 e. The number of piperidine rings is 1. The Hall–Kier alpha value is -1.00. The molecule has 2 unspecified atom stereocenters. The average Bonchev–Trinajstić information content (AvgIpc) is 2.38. The van der Waals surface area contributed by atoms with Gasteiger partial charge in [0.1, 0.15) is 11.6 Å².